The van der Waals surface area contributed by atoms with E-state index in [0.717, 1.165) is 5.69 Å². The van der Waals surface area contributed by atoms with Gasteiger partial charge in [0.25, 0.3) is 0 Å². The van der Waals surface area contributed by atoms with Crippen LogP contribution in [-0.4, -0.2) is 42.2 Å². The maximum atomic E-state index is 14.7. The zero-order chi connectivity index (χ0) is 16.4. The van der Waals surface area contributed by atoms with Gasteiger partial charge < -0.3 is 19.7 Å². The van der Waals surface area contributed by atoms with E-state index in [-0.39, 0.29) is 12.0 Å². The summed E-state index contributed by atoms with van der Waals surface area (Å²) < 4.78 is 19.5. The summed E-state index contributed by atoms with van der Waals surface area (Å²) >= 11 is 0. The lowest BCUT2D eigenvalue weighted by molar-refractivity contribution is -0.139. The Hall–Kier alpha value is -1.92. The van der Waals surface area contributed by atoms with Gasteiger partial charge in [0.05, 0.1) is 19.6 Å². The van der Waals surface area contributed by atoms with Gasteiger partial charge >= 0.3 is 5.97 Å². The van der Waals surface area contributed by atoms with Crippen molar-refractivity contribution in [3.05, 3.63) is 34.8 Å². The Bertz CT molecular complexity index is 692. The van der Waals surface area contributed by atoms with Gasteiger partial charge in [0.2, 0.25) is 0 Å². The van der Waals surface area contributed by atoms with Crippen LogP contribution in [0, 0.1) is 5.82 Å². The number of hydrogen-bond acceptors (Lipinski definition) is 4. The molecular weight excluding hydrogens is 287 g/mol. The SMILES string of the molecule is COC(=O)Cc1c(CN(C)C)[nH]c2ccc(C(C)O)c(F)c12. The Kier molecular flexibility index (Phi) is 4.83. The first-order valence-corrected chi connectivity index (χ1v) is 7.06. The normalized spacial score (nSPS) is 12.9. The van der Waals surface area contributed by atoms with Crippen LogP contribution in [0.15, 0.2) is 12.1 Å². The number of benzene rings is 1. The highest BCUT2D eigenvalue weighted by Gasteiger charge is 2.21. The zero-order valence-corrected chi connectivity index (χ0v) is 13.2. The van der Waals surface area contributed by atoms with Crippen LogP contribution in [0.3, 0.4) is 0 Å². The highest BCUT2D eigenvalue weighted by Crippen LogP contribution is 2.31. The Morgan fingerprint density at radius 3 is 2.68 bits per heavy atom. The molecule has 5 nitrogen and oxygen atoms in total. The number of halogens is 1. The van der Waals surface area contributed by atoms with Crippen molar-refractivity contribution in [3.63, 3.8) is 0 Å². The maximum absolute atomic E-state index is 14.7. The van der Waals surface area contributed by atoms with E-state index < -0.39 is 17.9 Å². The predicted molar refractivity (Wildman–Crippen MR) is 82.0 cm³/mol. The molecule has 0 bridgehead atoms. The van der Waals surface area contributed by atoms with Crippen LogP contribution in [0.4, 0.5) is 4.39 Å². The number of aliphatic hydroxyl groups is 1. The third-order valence-corrected chi connectivity index (χ3v) is 3.60. The molecule has 2 rings (SSSR count). The van der Waals surface area contributed by atoms with Gasteiger partial charge in [-0.3, -0.25) is 4.79 Å². The monoisotopic (exact) mass is 308 g/mol. The molecule has 0 aliphatic carbocycles. The van der Waals surface area contributed by atoms with E-state index in [1.807, 2.05) is 19.0 Å². The summed E-state index contributed by atoms with van der Waals surface area (Å²) in [5, 5.41) is 10.0. The summed E-state index contributed by atoms with van der Waals surface area (Å²) in [6.07, 6.45) is -0.928. The smallest absolute Gasteiger partial charge is 0.310 e. The molecule has 1 atom stereocenters. The van der Waals surface area contributed by atoms with Crippen molar-refractivity contribution < 1.29 is 19.0 Å². The molecule has 0 aliphatic heterocycles. The molecule has 120 valence electrons. The number of fused-ring (bicyclic) bond motifs is 1. The van der Waals surface area contributed by atoms with Crippen molar-refractivity contribution in [1.82, 2.24) is 9.88 Å². The molecule has 2 aromatic rings. The minimum absolute atomic E-state index is 0.0140. The lowest BCUT2D eigenvalue weighted by Gasteiger charge is -2.11. The van der Waals surface area contributed by atoms with Crippen LogP contribution in [0.5, 0.6) is 0 Å². The van der Waals surface area contributed by atoms with Gasteiger partial charge in [-0.2, -0.15) is 0 Å². The summed E-state index contributed by atoms with van der Waals surface area (Å²) in [6.45, 7) is 2.06. The van der Waals surface area contributed by atoms with E-state index in [9.17, 15) is 14.3 Å². The van der Waals surface area contributed by atoms with Gasteiger partial charge in [0.15, 0.2) is 0 Å². The minimum atomic E-state index is -0.914. The summed E-state index contributed by atoms with van der Waals surface area (Å²) in [7, 11) is 5.09. The number of aliphatic hydroxyl groups excluding tert-OH is 1. The summed E-state index contributed by atoms with van der Waals surface area (Å²) in [4.78, 5) is 16.8. The number of rotatable bonds is 5. The van der Waals surface area contributed by atoms with E-state index in [1.165, 1.54) is 14.0 Å². The quantitative estimate of drug-likeness (QED) is 0.831. The molecule has 0 amide bonds. The summed E-state index contributed by atoms with van der Waals surface area (Å²) in [6, 6.07) is 3.28. The second kappa shape index (κ2) is 6.46. The van der Waals surface area contributed by atoms with Crippen molar-refractivity contribution in [2.24, 2.45) is 0 Å². The lowest BCUT2D eigenvalue weighted by atomic mass is 10.0. The predicted octanol–water partition coefficient (Wildman–Crippen LogP) is 2.14. The zero-order valence-electron chi connectivity index (χ0n) is 13.2. The second-order valence-corrected chi connectivity index (χ2v) is 5.64. The number of aromatic nitrogens is 1. The van der Waals surface area contributed by atoms with E-state index >= 15 is 0 Å². The molecule has 0 fully saturated rings. The molecule has 6 heteroatoms. The highest BCUT2D eigenvalue weighted by molar-refractivity contribution is 5.90. The van der Waals surface area contributed by atoms with Gasteiger partial charge in [-0.15, -0.1) is 0 Å². The van der Waals surface area contributed by atoms with Crippen LogP contribution in [0.1, 0.15) is 29.8 Å². The van der Waals surface area contributed by atoms with Crippen molar-refractivity contribution in [2.75, 3.05) is 21.2 Å². The van der Waals surface area contributed by atoms with E-state index in [0.29, 0.717) is 23.0 Å². The summed E-state index contributed by atoms with van der Waals surface area (Å²) in [5.41, 5.74) is 2.18. The number of H-pyrrole nitrogens is 1. The number of aromatic amines is 1. The lowest BCUT2D eigenvalue weighted by Crippen LogP contribution is -2.14. The standard InChI is InChI=1S/C16H21FN2O3/c1-9(20)10-5-6-12-15(16(10)17)11(7-14(21)22-4)13(18-12)8-19(2)3/h5-6,9,18,20H,7-8H2,1-4H3. The first-order chi connectivity index (χ1) is 10.3. The fourth-order valence-corrected chi connectivity index (χ4v) is 2.57. The molecule has 1 unspecified atom stereocenters. The molecule has 0 saturated heterocycles. The first kappa shape index (κ1) is 16.5. The average Bonchev–Trinajstić information content (AvgIpc) is 2.76. The van der Waals surface area contributed by atoms with Crippen molar-refractivity contribution in [2.45, 2.75) is 26.0 Å². The molecule has 1 heterocycles. The topological polar surface area (TPSA) is 65.6 Å². The van der Waals surface area contributed by atoms with E-state index in [4.69, 9.17) is 4.74 Å². The van der Waals surface area contributed by atoms with Crippen molar-refractivity contribution in [1.29, 1.82) is 0 Å². The highest BCUT2D eigenvalue weighted by atomic mass is 19.1. The number of carbonyl (C=O) groups is 1. The molecule has 1 aromatic heterocycles. The van der Waals surface area contributed by atoms with Crippen LogP contribution >= 0.6 is 0 Å². The van der Waals surface area contributed by atoms with Crippen LogP contribution < -0.4 is 0 Å². The Labute approximate surface area is 128 Å². The fraction of sp³-hybridized carbons (Fsp3) is 0.438. The molecule has 1 aromatic carbocycles. The van der Waals surface area contributed by atoms with Gasteiger partial charge in [-0.05, 0) is 32.6 Å². The van der Waals surface area contributed by atoms with Gasteiger partial charge in [0, 0.05) is 28.7 Å². The number of methoxy groups -OCH3 is 1. The van der Waals surface area contributed by atoms with E-state index in [2.05, 4.69) is 4.98 Å². The molecular formula is C16H21FN2O3. The Balaban J connectivity index is 2.66. The molecule has 22 heavy (non-hydrogen) atoms. The number of nitrogens with zero attached hydrogens (tertiary/aromatic N) is 1. The number of ether oxygens (including phenoxy) is 1. The molecule has 0 aliphatic rings. The molecule has 0 spiro atoms. The number of hydrogen-bond donors (Lipinski definition) is 2. The third-order valence-electron chi connectivity index (χ3n) is 3.60. The van der Waals surface area contributed by atoms with Crippen LogP contribution in [-0.2, 0) is 22.5 Å². The number of carbonyl (C=O) groups excluding carboxylic acids is 1. The molecule has 0 radical (unpaired) electrons. The molecule has 0 saturated carbocycles. The number of esters is 1. The Morgan fingerprint density at radius 2 is 2.14 bits per heavy atom. The van der Waals surface area contributed by atoms with Crippen LogP contribution in [0.2, 0.25) is 0 Å². The first-order valence-electron chi connectivity index (χ1n) is 7.06. The fourth-order valence-electron chi connectivity index (χ4n) is 2.57. The van der Waals surface area contributed by atoms with Crippen LogP contribution in [0.25, 0.3) is 10.9 Å². The second-order valence-electron chi connectivity index (χ2n) is 5.64. The largest absolute Gasteiger partial charge is 0.469 e. The molecule has 2 N–H and O–H groups in total. The minimum Gasteiger partial charge on any atom is -0.469 e. The van der Waals surface area contributed by atoms with Gasteiger partial charge in [0.1, 0.15) is 5.82 Å². The Morgan fingerprint density at radius 1 is 1.45 bits per heavy atom. The van der Waals surface area contributed by atoms with E-state index in [1.54, 1.807) is 12.1 Å². The van der Waals surface area contributed by atoms with Gasteiger partial charge in [-0.1, -0.05) is 6.07 Å². The number of nitrogens with one attached hydrogen (secondary N) is 1. The average molecular weight is 308 g/mol. The third kappa shape index (κ3) is 3.13. The van der Waals surface area contributed by atoms with Crippen molar-refractivity contribution >= 4 is 16.9 Å². The van der Waals surface area contributed by atoms with Gasteiger partial charge in [-0.25, -0.2) is 4.39 Å². The van der Waals surface area contributed by atoms with Crippen molar-refractivity contribution in [3.8, 4) is 0 Å². The summed E-state index contributed by atoms with van der Waals surface area (Å²) in [5.74, 6) is -0.921. The maximum Gasteiger partial charge on any atom is 0.310 e.